The summed E-state index contributed by atoms with van der Waals surface area (Å²) in [6, 6.07) is -0.249. The Morgan fingerprint density at radius 3 is 2.74 bits per heavy atom. The van der Waals surface area contributed by atoms with E-state index in [9.17, 15) is 22.6 Å². The van der Waals surface area contributed by atoms with Gasteiger partial charge in [0.05, 0.1) is 37.7 Å². The zero-order chi connectivity index (χ0) is 33.1. The van der Waals surface area contributed by atoms with Gasteiger partial charge in [-0.2, -0.15) is 18.1 Å². The van der Waals surface area contributed by atoms with Crippen LogP contribution in [0, 0.1) is 11.8 Å². The van der Waals surface area contributed by atoms with Crippen LogP contribution in [-0.2, 0) is 37.6 Å². The van der Waals surface area contributed by atoms with Crippen molar-refractivity contribution in [3.05, 3.63) is 35.5 Å². The van der Waals surface area contributed by atoms with Gasteiger partial charge < -0.3 is 13.8 Å². The Morgan fingerprint density at radius 2 is 1.94 bits per heavy atom. The summed E-state index contributed by atoms with van der Waals surface area (Å²) in [6.07, 6.45) is 2.94. The number of H-pyrrole nitrogens is 1. The quantitative estimate of drug-likeness (QED) is 0.173. The van der Waals surface area contributed by atoms with E-state index in [-0.39, 0.29) is 61.0 Å². The first-order chi connectivity index (χ1) is 22.4. The topological polar surface area (TPSA) is 236 Å². The molecule has 2 aliphatic heterocycles. The van der Waals surface area contributed by atoms with E-state index in [4.69, 9.17) is 18.0 Å². The molecule has 0 unspecified atom stereocenters. The van der Waals surface area contributed by atoms with Gasteiger partial charge >= 0.3 is 17.1 Å². The van der Waals surface area contributed by atoms with Crippen molar-refractivity contribution in [1.82, 2.24) is 43.8 Å². The third-order valence-electron chi connectivity index (χ3n) is 8.31. The summed E-state index contributed by atoms with van der Waals surface area (Å²) >= 11 is 4.24. The molecule has 2 saturated heterocycles. The molecule has 0 spiro atoms. The molecule has 3 fully saturated rings. The first-order valence-corrected chi connectivity index (χ1v) is 18.9. The number of aromatic nitrogens is 8. The standard InChI is InChI=1S/C25H31N10O9PS2/c1-12(2)22(36)32-25-31-21-19(23(37)33-25)29-11-35(21)24-18-5-15(42-24)6-30-47(39,40)44-17-4-14(3-13(17)8-41-45(38,46)43-18)34-10-28-16-7-26-9-27-20(16)34/h7,9-15,17-18,24,30H,3-6,8H2,1-2H3,(H,38,46)(H2,31,32,33,36,37)/t13-,14-,15+,17+,18-,24-,45-/m1/s1. The van der Waals surface area contributed by atoms with E-state index in [1.54, 1.807) is 26.4 Å². The first kappa shape index (κ1) is 32.3. The maximum absolute atomic E-state index is 13.6. The molecule has 7 atom stereocenters. The van der Waals surface area contributed by atoms with Crippen LogP contribution in [0.4, 0.5) is 5.95 Å². The highest BCUT2D eigenvalue weighted by Gasteiger charge is 2.45. The van der Waals surface area contributed by atoms with E-state index in [0.29, 0.717) is 17.6 Å². The number of nitrogens with zero attached hydrogens (tertiary/aromatic N) is 7. The molecule has 3 N–H and O–H groups in total. The van der Waals surface area contributed by atoms with Gasteiger partial charge in [-0.3, -0.25) is 33.2 Å². The van der Waals surface area contributed by atoms with Crippen molar-refractivity contribution >= 4 is 63.5 Å². The summed E-state index contributed by atoms with van der Waals surface area (Å²) < 4.78 is 69.0. The molecule has 0 aromatic carbocycles. The molecule has 1 saturated carbocycles. The van der Waals surface area contributed by atoms with Gasteiger partial charge in [-0.25, -0.2) is 24.5 Å². The van der Waals surface area contributed by atoms with Gasteiger partial charge in [0.2, 0.25) is 11.9 Å². The van der Waals surface area contributed by atoms with E-state index in [1.807, 2.05) is 4.57 Å². The van der Waals surface area contributed by atoms with Crippen LogP contribution in [-0.4, -0.2) is 84.8 Å². The fraction of sp³-hybridized carbons (Fsp3) is 0.560. The highest BCUT2D eigenvalue weighted by Crippen LogP contribution is 2.57. The molecule has 7 rings (SSSR count). The van der Waals surface area contributed by atoms with Crippen LogP contribution in [0.2, 0.25) is 0 Å². The average Bonchev–Trinajstić information content (AvgIpc) is 3.79. The minimum Gasteiger partial charge on any atom is -0.350 e. The number of imidazole rings is 2. The number of hydrogen-bond acceptors (Lipinski definition) is 14. The number of aromatic amines is 1. The maximum atomic E-state index is 13.6. The van der Waals surface area contributed by atoms with Crippen molar-refractivity contribution in [2.24, 2.45) is 11.8 Å². The van der Waals surface area contributed by atoms with Gasteiger partial charge in [0, 0.05) is 30.8 Å². The van der Waals surface area contributed by atoms with Crippen LogP contribution in [0.5, 0.6) is 0 Å². The van der Waals surface area contributed by atoms with E-state index in [2.05, 4.69) is 52.2 Å². The number of ether oxygens (including phenoxy) is 1. The number of amides is 1. The van der Waals surface area contributed by atoms with Gasteiger partial charge in [0.25, 0.3) is 5.56 Å². The highest BCUT2D eigenvalue weighted by atomic mass is 32.7. The predicted molar refractivity (Wildman–Crippen MR) is 166 cm³/mol. The number of fused-ring (bicyclic) bond motifs is 5. The number of anilines is 1. The van der Waals surface area contributed by atoms with Crippen molar-refractivity contribution in [1.29, 1.82) is 0 Å². The Morgan fingerprint density at radius 1 is 1.13 bits per heavy atom. The molecule has 4 aromatic rings. The molecule has 3 aliphatic rings. The molecule has 1 amide bonds. The number of thiol groups is 1. The van der Waals surface area contributed by atoms with Gasteiger partial charge in [-0.15, -0.1) is 0 Å². The Labute approximate surface area is 272 Å². The third kappa shape index (κ3) is 6.58. The molecule has 6 heterocycles. The Kier molecular flexibility index (Phi) is 8.44. The predicted octanol–water partition coefficient (Wildman–Crippen LogP) is 1.47. The minimum absolute atomic E-state index is 0.0455. The summed E-state index contributed by atoms with van der Waals surface area (Å²) in [5.41, 5.74) is 0.550. The second-order valence-electron chi connectivity index (χ2n) is 11.9. The molecule has 2 bridgehead atoms. The second kappa shape index (κ2) is 12.3. The van der Waals surface area contributed by atoms with E-state index in [1.165, 1.54) is 17.2 Å². The van der Waals surface area contributed by atoms with Crippen molar-refractivity contribution in [2.45, 2.75) is 63.7 Å². The third-order valence-corrected chi connectivity index (χ3v) is 11.0. The Bertz CT molecular complexity index is 2050. The van der Waals surface area contributed by atoms with Gasteiger partial charge in [-0.05, 0) is 12.8 Å². The average molecular weight is 711 g/mol. The smallest absolute Gasteiger partial charge is 0.350 e. The van der Waals surface area contributed by atoms with Crippen LogP contribution in [0.15, 0.2) is 30.0 Å². The zero-order valence-corrected chi connectivity index (χ0v) is 27.6. The number of rotatable bonds is 4. The maximum Gasteiger partial charge on any atom is 0.386 e. The van der Waals surface area contributed by atoms with Crippen molar-refractivity contribution in [3.63, 3.8) is 0 Å². The zero-order valence-electron chi connectivity index (χ0n) is 25.0. The first-order valence-electron chi connectivity index (χ1n) is 14.7. The van der Waals surface area contributed by atoms with Gasteiger partial charge in [-0.1, -0.05) is 26.1 Å². The van der Waals surface area contributed by atoms with Gasteiger partial charge in [0.1, 0.15) is 17.9 Å². The summed E-state index contributed by atoms with van der Waals surface area (Å²) in [6.45, 7) is -1.11. The summed E-state index contributed by atoms with van der Waals surface area (Å²) in [4.78, 5) is 48.6. The number of carbonyl (C=O) groups excluding carboxylic acids is 1. The van der Waals surface area contributed by atoms with Gasteiger partial charge in [0.15, 0.2) is 23.0 Å². The lowest BCUT2D eigenvalue weighted by Crippen LogP contribution is -2.37. The summed E-state index contributed by atoms with van der Waals surface area (Å²) in [7, 11) is -4.28. The minimum atomic E-state index is -4.28. The van der Waals surface area contributed by atoms with Crippen molar-refractivity contribution in [3.8, 4) is 0 Å². The lowest BCUT2D eigenvalue weighted by Gasteiger charge is -2.25. The summed E-state index contributed by atoms with van der Waals surface area (Å²) in [5, 5.41) is 2.55. The molecule has 47 heavy (non-hydrogen) atoms. The molecular weight excluding hydrogens is 679 g/mol. The summed E-state index contributed by atoms with van der Waals surface area (Å²) in [5.74, 6) is -1.37. The van der Waals surface area contributed by atoms with Crippen molar-refractivity contribution < 1.29 is 35.7 Å². The monoisotopic (exact) mass is 710 g/mol. The fourth-order valence-corrected chi connectivity index (χ4v) is 8.59. The number of hydrogen-bond donors (Lipinski definition) is 4. The lowest BCUT2D eigenvalue weighted by atomic mass is 10.1. The molecular formula is C25H31N10O9PS2. The molecule has 1 aliphatic carbocycles. The molecule has 4 aromatic heterocycles. The van der Waals surface area contributed by atoms with Crippen LogP contribution in [0.25, 0.3) is 22.3 Å². The van der Waals surface area contributed by atoms with E-state index in [0.717, 1.165) is 0 Å². The van der Waals surface area contributed by atoms with Crippen LogP contribution in [0.3, 0.4) is 0 Å². The largest absolute Gasteiger partial charge is 0.386 e. The van der Waals surface area contributed by atoms with Crippen molar-refractivity contribution in [2.75, 3.05) is 18.5 Å². The van der Waals surface area contributed by atoms with Crippen LogP contribution in [0.1, 0.15) is 45.4 Å². The SMILES string of the molecule is CC(C)C(=O)Nc1nc2c(ncn2[C@@H]2O[C@@H]3CNS(=O)(=O)O[C@H]4C[C@H](n5cnc6cncnc65)C[C@@H]4CO[P@@](=O)(S)O[C@@H]2C3)c(=O)[nH]1. The van der Waals surface area contributed by atoms with Crippen LogP contribution >= 0.6 is 19.0 Å². The lowest BCUT2D eigenvalue weighted by molar-refractivity contribution is -0.118. The number of carbonyl (C=O) groups is 1. The van der Waals surface area contributed by atoms with E-state index < -0.39 is 53.1 Å². The Balaban J connectivity index is 1.16. The molecule has 22 heteroatoms. The molecule has 0 radical (unpaired) electrons. The number of nitrogens with one attached hydrogen (secondary N) is 3. The fourth-order valence-electron chi connectivity index (χ4n) is 6.03. The normalized spacial score (nSPS) is 31.3. The second-order valence-corrected chi connectivity index (χ2v) is 16.1. The highest BCUT2D eigenvalue weighted by molar-refractivity contribution is 8.44. The molecule has 252 valence electrons. The Hall–Kier alpha value is -3.30. The van der Waals surface area contributed by atoms with Crippen LogP contribution < -0.4 is 15.6 Å². The van der Waals surface area contributed by atoms with E-state index >= 15 is 0 Å². The molecule has 19 nitrogen and oxygen atoms in total.